The van der Waals surface area contributed by atoms with Gasteiger partial charge in [-0.15, -0.1) is 0 Å². The van der Waals surface area contributed by atoms with E-state index in [-0.39, 0.29) is 5.56 Å². The molecular weight excluding hydrogens is 236 g/mol. The number of hydrogen-bond donors (Lipinski definition) is 1. The van der Waals surface area contributed by atoms with E-state index in [1.807, 2.05) is 13.8 Å². The molecule has 1 atom stereocenters. The number of halogens is 2. The number of aliphatic hydroxyl groups excluding tert-OH is 1. The van der Waals surface area contributed by atoms with E-state index < -0.39 is 17.7 Å². The molecule has 0 aliphatic carbocycles. The Labute approximate surface area is 107 Å². The van der Waals surface area contributed by atoms with Crippen LogP contribution in [0.4, 0.5) is 8.78 Å². The van der Waals surface area contributed by atoms with Crippen molar-refractivity contribution in [1.82, 2.24) is 4.90 Å². The van der Waals surface area contributed by atoms with Crippen LogP contribution in [0.1, 0.15) is 37.5 Å². The topological polar surface area (TPSA) is 23.5 Å². The third-order valence-electron chi connectivity index (χ3n) is 3.27. The van der Waals surface area contributed by atoms with Crippen LogP contribution in [-0.4, -0.2) is 29.6 Å². The van der Waals surface area contributed by atoms with Gasteiger partial charge in [0.2, 0.25) is 0 Å². The highest BCUT2D eigenvalue weighted by Crippen LogP contribution is 2.25. The normalized spacial score (nSPS) is 13.1. The molecule has 0 fully saturated rings. The van der Waals surface area contributed by atoms with Crippen molar-refractivity contribution < 1.29 is 13.9 Å². The van der Waals surface area contributed by atoms with E-state index in [0.29, 0.717) is 18.5 Å². The van der Waals surface area contributed by atoms with E-state index in [1.54, 1.807) is 6.92 Å². The third-order valence-corrected chi connectivity index (χ3v) is 3.27. The van der Waals surface area contributed by atoms with Crippen LogP contribution in [0.5, 0.6) is 0 Å². The molecule has 0 aromatic heterocycles. The maximum atomic E-state index is 13.8. The largest absolute Gasteiger partial charge is 0.388 e. The summed E-state index contributed by atoms with van der Waals surface area (Å²) < 4.78 is 27.3. The summed E-state index contributed by atoms with van der Waals surface area (Å²) >= 11 is 0. The predicted molar refractivity (Wildman–Crippen MR) is 68.5 cm³/mol. The molecule has 102 valence electrons. The Kier molecular flexibility index (Phi) is 5.69. The number of benzene rings is 1. The summed E-state index contributed by atoms with van der Waals surface area (Å²) in [5.41, 5.74) is 0.149. The molecule has 1 aromatic carbocycles. The van der Waals surface area contributed by atoms with Gasteiger partial charge in [0.25, 0.3) is 0 Å². The lowest BCUT2D eigenvalue weighted by Gasteiger charge is -2.21. The van der Waals surface area contributed by atoms with E-state index in [0.717, 1.165) is 13.1 Å². The summed E-state index contributed by atoms with van der Waals surface area (Å²) in [4.78, 5) is 2.11. The molecule has 0 amide bonds. The maximum absolute atomic E-state index is 13.8. The summed E-state index contributed by atoms with van der Waals surface area (Å²) in [6.07, 6.45) is -0.760. The van der Waals surface area contributed by atoms with Gasteiger partial charge in [-0.05, 0) is 38.1 Å². The Bertz CT molecular complexity index is 392. The molecule has 4 heteroatoms. The second kappa shape index (κ2) is 6.81. The molecule has 0 saturated carbocycles. The Morgan fingerprint density at radius 2 is 1.83 bits per heavy atom. The van der Waals surface area contributed by atoms with Crippen molar-refractivity contribution in [3.8, 4) is 0 Å². The minimum atomic E-state index is -1.09. The van der Waals surface area contributed by atoms with Crippen LogP contribution in [-0.2, 0) is 0 Å². The Morgan fingerprint density at radius 1 is 1.22 bits per heavy atom. The van der Waals surface area contributed by atoms with E-state index in [1.165, 1.54) is 12.1 Å². The van der Waals surface area contributed by atoms with Gasteiger partial charge in [0.05, 0.1) is 11.7 Å². The van der Waals surface area contributed by atoms with Crippen LogP contribution < -0.4 is 0 Å². The summed E-state index contributed by atoms with van der Waals surface area (Å²) in [6, 6.07) is 2.58. The average molecular weight is 257 g/mol. The first-order chi connectivity index (χ1) is 8.51. The van der Waals surface area contributed by atoms with Crippen LogP contribution in [0.2, 0.25) is 0 Å². The lowest BCUT2D eigenvalue weighted by molar-refractivity contribution is 0.137. The fraction of sp³-hybridized carbons (Fsp3) is 0.571. The number of aliphatic hydroxyl groups is 1. The lowest BCUT2D eigenvalue weighted by atomic mass is 10.0. The maximum Gasteiger partial charge on any atom is 0.134 e. The molecule has 0 saturated heterocycles. The second-order valence-corrected chi connectivity index (χ2v) is 4.42. The Morgan fingerprint density at radius 3 is 2.39 bits per heavy atom. The minimum Gasteiger partial charge on any atom is -0.388 e. The van der Waals surface area contributed by atoms with Gasteiger partial charge < -0.3 is 10.0 Å². The molecule has 18 heavy (non-hydrogen) atoms. The Hall–Kier alpha value is -1.00. The standard InChI is InChI=1S/C14H21F2NO/c1-4-17(5-2)9-8-12(18)13-11(15)7-6-10(3)14(13)16/h6-7,12,18H,4-5,8-9H2,1-3H3. The first kappa shape index (κ1) is 15.1. The SMILES string of the molecule is CCN(CC)CCC(O)c1c(F)ccc(C)c1F. The van der Waals surface area contributed by atoms with Crippen molar-refractivity contribution in [2.75, 3.05) is 19.6 Å². The smallest absolute Gasteiger partial charge is 0.134 e. The molecule has 0 aliphatic heterocycles. The molecule has 0 radical (unpaired) electrons. The summed E-state index contributed by atoms with van der Waals surface area (Å²) in [6.45, 7) is 7.95. The van der Waals surface area contributed by atoms with Crippen LogP contribution in [0.3, 0.4) is 0 Å². The molecule has 2 nitrogen and oxygen atoms in total. The molecule has 1 unspecified atom stereocenters. The fourth-order valence-electron chi connectivity index (χ4n) is 1.97. The highest BCUT2D eigenvalue weighted by Gasteiger charge is 2.19. The first-order valence-corrected chi connectivity index (χ1v) is 6.36. The summed E-state index contributed by atoms with van der Waals surface area (Å²) in [5, 5.41) is 9.94. The number of aryl methyl sites for hydroxylation is 1. The average Bonchev–Trinajstić information content (AvgIpc) is 2.35. The molecule has 1 rings (SSSR count). The fourth-order valence-corrected chi connectivity index (χ4v) is 1.97. The van der Waals surface area contributed by atoms with Gasteiger partial charge >= 0.3 is 0 Å². The summed E-state index contributed by atoms with van der Waals surface area (Å²) in [7, 11) is 0. The van der Waals surface area contributed by atoms with Crippen molar-refractivity contribution >= 4 is 0 Å². The van der Waals surface area contributed by atoms with Crippen LogP contribution >= 0.6 is 0 Å². The molecule has 0 heterocycles. The van der Waals surface area contributed by atoms with Crippen molar-refractivity contribution in [2.24, 2.45) is 0 Å². The van der Waals surface area contributed by atoms with Crippen molar-refractivity contribution in [3.05, 3.63) is 34.9 Å². The van der Waals surface area contributed by atoms with Gasteiger partial charge in [-0.3, -0.25) is 0 Å². The molecule has 0 bridgehead atoms. The quantitative estimate of drug-likeness (QED) is 0.846. The molecule has 0 aliphatic rings. The molecule has 0 spiro atoms. The number of rotatable bonds is 6. The van der Waals surface area contributed by atoms with E-state index in [2.05, 4.69) is 4.90 Å². The highest BCUT2D eigenvalue weighted by molar-refractivity contribution is 5.28. The molecule has 1 N–H and O–H groups in total. The second-order valence-electron chi connectivity index (χ2n) is 4.42. The van der Waals surface area contributed by atoms with E-state index in [9.17, 15) is 13.9 Å². The van der Waals surface area contributed by atoms with Gasteiger partial charge in [-0.25, -0.2) is 8.78 Å². The van der Waals surface area contributed by atoms with Crippen LogP contribution in [0.15, 0.2) is 12.1 Å². The van der Waals surface area contributed by atoms with Crippen molar-refractivity contribution in [2.45, 2.75) is 33.3 Å². The minimum absolute atomic E-state index is 0.206. The number of nitrogens with zero attached hydrogens (tertiary/aromatic N) is 1. The monoisotopic (exact) mass is 257 g/mol. The lowest BCUT2D eigenvalue weighted by Crippen LogP contribution is -2.25. The Balaban J connectivity index is 2.78. The molecule has 1 aromatic rings. The van der Waals surface area contributed by atoms with Gasteiger partial charge in [0.15, 0.2) is 0 Å². The highest BCUT2D eigenvalue weighted by atomic mass is 19.1. The van der Waals surface area contributed by atoms with Crippen LogP contribution in [0.25, 0.3) is 0 Å². The number of hydrogen-bond acceptors (Lipinski definition) is 2. The van der Waals surface area contributed by atoms with Crippen LogP contribution in [0, 0.1) is 18.6 Å². The molecular formula is C14H21F2NO. The zero-order valence-corrected chi connectivity index (χ0v) is 11.2. The van der Waals surface area contributed by atoms with Gasteiger partial charge in [-0.2, -0.15) is 0 Å². The van der Waals surface area contributed by atoms with Gasteiger partial charge in [0.1, 0.15) is 11.6 Å². The predicted octanol–water partition coefficient (Wildman–Crippen LogP) is 3.04. The van der Waals surface area contributed by atoms with E-state index in [4.69, 9.17) is 0 Å². The zero-order chi connectivity index (χ0) is 13.7. The van der Waals surface area contributed by atoms with E-state index >= 15 is 0 Å². The summed E-state index contributed by atoms with van der Waals surface area (Å²) in [5.74, 6) is -1.31. The van der Waals surface area contributed by atoms with Crippen molar-refractivity contribution in [3.63, 3.8) is 0 Å². The third kappa shape index (κ3) is 3.50. The van der Waals surface area contributed by atoms with Gasteiger partial charge in [0, 0.05) is 6.54 Å². The first-order valence-electron chi connectivity index (χ1n) is 6.36. The zero-order valence-electron chi connectivity index (χ0n) is 11.2. The van der Waals surface area contributed by atoms with Crippen molar-refractivity contribution in [1.29, 1.82) is 0 Å². The van der Waals surface area contributed by atoms with Gasteiger partial charge in [-0.1, -0.05) is 19.9 Å².